The zero-order valence-corrected chi connectivity index (χ0v) is 14.4. The molecular weight excluding hydrogens is 284 g/mol. The Bertz CT molecular complexity index is 311. The average Bonchev–Trinajstić information content (AvgIpc) is 2.48. The van der Waals surface area contributed by atoms with Crippen molar-refractivity contribution in [1.82, 2.24) is 5.01 Å². The third-order valence-electron chi connectivity index (χ3n) is 3.39. The predicted molar refractivity (Wildman–Crippen MR) is 85.6 cm³/mol. The van der Waals surface area contributed by atoms with E-state index in [4.69, 9.17) is 9.84 Å². The van der Waals surface area contributed by atoms with Crippen LogP contribution in [0.5, 0.6) is 0 Å². The maximum absolute atomic E-state index is 11.7. The summed E-state index contributed by atoms with van der Waals surface area (Å²) in [5, 5.41) is 12.3. The van der Waals surface area contributed by atoms with Crippen LogP contribution in [0.2, 0.25) is 0 Å². The summed E-state index contributed by atoms with van der Waals surface area (Å²) in [6.45, 7) is 10.0. The molecule has 0 radical (unpaired) electrons. The number of hydrogen-bond acceptors (Lipinski definition) is 4. The van der Waals surface area contributed by atoms with E-state index in [2.05, 4.69) is 18.9 Å². The molecule has 0 amide bonds. The number of carboxylic acid groups (broad SMARTS) is 1. The van der Waals surface area contributed by atoms with Gasteiger partial charge in [0.2, 0.25) is 0 Å². The average molecular weight is 317 g/mol. The molecule has 0 aromatic heterocycles. The number of quaternary nitrogens is 1. The fourth-order valence-corrected chi connectivity index (χ4v) is 2.39. The summed E-state index contributed by atoms with van der Waals surface area (Å²) >= 11 is 0. The van der Waals surface area contributed by atoms with Gasteiger partial charge in [0.05, 0.1) is 39.1 Å². The van der Waals surface area contributed by atoms with Gasteiger partial charge >= 0.3 is 11.9 Å². The SMILES string of the molecule is CCCOC(=O)CCN(CCC)[NH+](CCC)CCCC(=O)O. The van der Waals surface area contributed by atoms with Gasteiger partial charge in [0.25, 0.3) is 0 Å². The minimum atomic E-state index is -0.749. The van der Waals surface area contributed by atoms with E-state index in [-0.39, 0.29) is 12.4 Å². The molecule has 22 heavy (non-hydrogen) atoms. The standard InChI is InChI=1S/C16H32N2O4/c1-4-10-17(12-7-8-15(19)20)18(11-5-2)13-9-16(21)22-14-6-3/h4-14H2,1-3H3,(H,19,20)/p+1. The molecule has 1 unspecified atom stereocenters. The topological polar surface area (TPSA) is 71.3 Å². The van der Waals surface area contributed by atoms with Crippen molar-refractivity contribution in [3.8, 4) is 0 Å². The lowest BCUT2D eigenvalue weighted by Gasteiger charge is -2.30. The summed E-state index contributed by atoms with van der Waals surface area (Å²) in [6, 6.07) is 0. The number of carboxylic acids is 1. The Kier molecular flexibility index (Phi) is 12.8. The van der Waals surface area contributed by atoms with E-state index in [1.54, 1.807) is 0 Å². The molecule has 0 aliphatic heterocycles. The van der Waals surface area contributed by atoms with E-state index in [0.717, 1.165) is 38.9 Å². The van der Waals surface area contributed by atoms with E-state index >= 15 is 0 Å². The van der Waals surface area contributed by atoms with Gasteiger partial charge in [0, 0.05) is 13.0 Å². The molecule has 0 aromatic carbocycles. The fourth-order valence-electron chi connectivity index (χ4n) is 2.39. The largest absolute Gasteiger partial charge is 0.481 e. The minimum Gasteiger partial charge on any atom is -0.481 e. The first-order chi connectivity index (χ1) is 10.5. The van der Waals surface area contributed by atoms with Crippen LogP contribution in [-0.4, -0.2) is 54.8 Å². The molecule has 0 aromatic rings. The van der Waals surface area contributed by atoms with Gasteiger partial charge < -0.3 is 9.84 Å². The Morgan fingerprint density at radius 3 is 2.27 bits per heavy atom. The molecule has 0 saturated heterocycles. The van der Waals surface area contributed by atoms with Crippen molar-refractivity contribution in [3.63, 3.8) is 0 Å². The fraction of sp³-hybridized carbons (Fsp3) is 0.875. The van der Waals surface area contributed by atoms with Gasteiger partial charge in [-0.2, -0.15) is 5.01 Å². The summed E-state index contributed by atoms with van der Waals surface area (Å²) in [7, 11) is 0. The maximum Gasteiger partial charge on any atom is 0.307 e. The Morgan fingerprint density at radius 1 is 1.00 bits per heavy atom. The normalized spacial score (nSPS) is 12.4. The summed E-state index contributed by atoms with van der Waals surface area (Å²) in [5.74, 6) is -0.898. The number of carbonyl (C=O) groups is 2. The number of aliphatic carboxylic acids is 1. The highest BCUT2D eigenvalue weighted by molar-refractivity contribution is 5.69. The highest BCUT2D eigenvalue weighted by atomic mass is 16.5. The third-order valence-corrected chi connectivity index (χ3v) is 3.39. The number of ether oxygens (including phenoxy) is 1. The van der Waals surface area contributed by atoms with Gasteiger partial charge in [-0.15, -0.1) is 0 Å². The Labute approximate surface area is 134 Å². The Balaban J connectivity index is 4.40. The van der Waals surface area contributed by atoms with Crippen LogP contribution < -0.4 is 5.01 Å². The van der Waals surface area contributed by atoms with Crippen LogP contribution in [0.3, 0.4) is 0 Å². The van der Waals surface area contributed by atoms with Gasteiger partial charge in [-0.25, -0.2) is 0 Å². The molecule has 0 heterocycles. The van der Waals surface area contributed by atoms with Crippen LogP contribution in [0.15, 0.2) is 0 Å². The quantitative estimate of drug-likeness (QED) is 0.371. The lowest BCUT2D eigenvalue weighted by Crippen LogP contribution is -3.18. The molecule has 0 rings (SSSR count). The second-order valence-electron chi connectivity index (χ2n) is 5.52. The van der Waals surface area contributed by atoms with E-state index in [9.17, 15) is 9.59 Å². The van der Waals surface area contributed by atoms with Crippen molar-refractivity contribution < 1.29 is 24.4 Å². The van der Waals surface area contributed by atoms with Crippen molar-refractivity contribution in [2.45, 2.75) is 59.3 Å². The first kappa shape index (κ1) is 20.9. The molecule has 0 spiro atoms. The van der Waals surface area contributed by atoms with Crippen molar-refractivity contribution in [3.05, 3.63) is 0 Å². The number of hydrogen-bond donors (Lipinski definition) is 2. The second-order valence-corrected chi connectivity index (χ2v) is 5.52. The summed E-state index contributed by atoms with van der Waals surface area (Å²) in [6.07, 6.45) is 4.13. The number of carbonyl (C=O) groups excluding carboxylic acids is 1. The summed E-state index contributed by atoms with van der Waals surface area (Å²) < 4.78 is 5.12. The molecule has 0 bridgehead atoms. The van der Waals surface area contributed by atoms with Crippen LogP contribution in [0.4, 0.5) is 0 Å². The van der Waals surface area contributed by atoms with Crippen molar-refractivity contribution in [2.24, 2.45) is 0 Å². The molecule has 0 aliphatic carbocycles. The van der Waals surface area contributed by atoms with Crippen molar-refractivity contribution in [2.75, 3.05) is 32.8 Å². The number of nitrogens with one attached hydrogen (secondary N) is 1. The Morgan fingerprint density at radius 2 is 1.73 bits per heavy atom. The number of esters is 1. The molecule has 130 valence electrons. The third kappa shape index (κ3) is 10.6. The minimum absolute atomic E-state index is 0.149. The molecule has 6 heteroatoms. The van der Waals surface area contributed by atoms with Crippen molar-refractivity contribution in [1.29, 1.82) is 0 Å². The highest BCUT2D eigenvalue weighted by Gasteiger charge is 2.19. The second kappa shape index (κ2) is 13.5. The van der Waals surface area contributed by atoms with Gasteiger partial charge in [-0.3, -0.25) is 14.6 Å². The van der Waals surface area contributed by atoms with Crippen molar-refractivity contribution >= 4 is 11.9 Å². The van der Waals surface area contributed by atoms with Crippen LogP contribution in [0.1, 0.15) is 59.3 Å². The van der Waals surface area contributed by atoms with Crippen LogP contribution in [0, 0.1) is 0 Å². The molecule has 2 N–H and O–H groups in total. The molecular formula is C16H33N2O4+. The number of rotatable bonds is 14. The first-order valence-electron chi connectivity index (χ1n) is 8.52. The highest BCUT2D eigenvalue weighted by Crippen LogP contribution is 1.93. The molecule has 6 nitrogen and oxygen atoms in total. The zero-order chi connectivity index (χ0) is 16.8. The van der Waals surface area contributed by atoms with E-state index < -0.39 is 5.97 Å². The lowest BCUT2D eigenvalue weighted by atomic mass is 10.3. The number of nitrogens with zero attached hydrogens (tertiary/aromatic N) is 1. The Hall–Kier alpha value is -1.14. The van der Waals surface area contributed by atoms with Gasteiger partial charge in [0.15, 0.2) is 0 Å². The van der Waals surface area contributed by atoms with E-state index in [1.165, 1.54) is 5.01 Å². The lowest BCUT2D eigenvalue weighted by molar-refractivity contribution is -1.02. The van der Waals surface area contributed by atoms with Crippen LogP contribution in [-0.2, 0) is 14.3 Å². The molecule has 0 saturated carbocycles. The smallest absolute Gasteiger partial charge is 0.307 e. The van der Waals surface area contributed by atoms with E-state index in [0.29, 0.717) is 26.0 Å². The van der Waals surface area contributed by atoms with Crippen LogP contribution >= 0.6 is 0 Å². The first-order valence-corrected chi connectivity index (χ1v) is 8.52. The zero-order valence-electron chi connectivity index (χ0n) is 14.4. The van der Waals surface area contributed by atoms with Crippen LogP contribution in [0.25, 0.3) is 0 Å². The van der Waals surface area contributed by atoms with Gasteiger partial charge in [-0.1, -0.05) is 20.8 Å². The molecule has 1 atom stereocenters. The van der Waals surface area contributed by atoms with Gasteiger partial charge in [0.1, 0.15) is 0 Å². The predicted octanol–water partition coefficient (Wildman–Crippen LogP) is 1.12. The van der Waals surface area contributed by atoms with Gasteiger partial charge in [-0.05, 0) is 19.3 Å². The molecule has 0 aliphatic rings. The summed E-state index contributed by atoms with van der Waals surface area (Å²) in [5.41, 5.74) is 0. The monoisotopic (exact) mass is 317 g/mol. The van der Waals surface area contributed by atoms with E-state index in [1.807, 2.05) is 6.92 Å². The molecule has 0 fully saturated rings. The summed E-state index contributed by atoms with van der Waals surface area (Å²) in [4.78, 5) is 22.3. The maximum atomic E-state index is 11.7.